The zero-order chi connectivity index (χ0) is 12.8. The first-order valence-electron chi connectivity index (χ1n) is 4.89. The number of rotatable bonds is 5. The summed E-state index contributed by atoms with van der Waals surface area (Å²) in [5.41, 5.74) is 5.84. The fourth-order valence-electron chi connectivity index (χ4n) is 1.25. The van der Waals surface area contributed by atoms with Crippen LogP contribution in [0.4, 0.5) is 5.69 Å². The van der Waals surface area contributed by atoms with E-state index in [1.54, 1.807) is 13.0 Å². The molecule has 0 unspecified atom stereocenters. The molecule has 0 aliphatic heterocycles. The Morgan fingerprint density at radius 2 is 2.35 bits per heavy atom. The standard InChI is InChI=1S/C10H13N3O4/c1-7-6-8(2-3-9(7)13(15)16)17-5-4-10(11)12-14/h2-3,6,14H,4-5H2,1H3,(H2,11,12). The molecule has 0 aliphatic rings. The third kappa shape index (κ3) is 3.63. The lowest BCUT2D eigenvalue weighted by atomic mass is 10.2. The van der Waals surface area contributed by atoms with Crippen LogP contribution in [0.15, 0.2) is 23.4 Å². The van der Waals surface area contributed by atoms with E-state index in [9.17, 15) is 10.1 Å². The van der Waals surface area contributed by atoms with Crippen molar-refractivity contribution < 1.29 is 14.9 Å². The van der Waals surface area contributed by atoms with Gasteiger partial charge < -0.3 is 15.7 Å². The van der Waals surface area contributed by atoms with Crippen LogP contribution in [0.5, 0.6) is 5.75 Å². The zero-order valence-electron chi connectivity index (χ0n) is 9.29. The second kappa shape index (κ2) is 5.69. The molecule has 1 aromatic carbocycles. The van der Waals surface area contributed by atoms with Crippen LogP contribution in [0.3, 0.4) is 0 Å². The van der Waals surface area contributed by atoms with Crippen molar-refractivity contribution in [2.24, 2.45) is 10.9 Å². The second-order valence-corrected chi connectivity index (χ2v) is 3.40. The zero-order valence-corrected chi connectivity index (χ0v) is 9.29. The molecule has 1 rings (SSSR count). The number of nitro benzene ring substituents is 1. The quantitative estimate of drug-likeness (QED) is 0.265. The highest BCUT2D eigenvalue weighted by atomic mass is 16.6. The Morgan fingerprint density at radius 3 is 2.88 bits per heavy atom. The molecule has 0 heterocycles. The van der Waals surface area contributed by atoms with Gasteiger partial charge in [-0.25, -0.2) is 0 Å². The van der Waals surface area contributed by atoms with Crippen molar-refractivity contribution in [3.8, 4) is 5.75 Å². The van der Waals surface area contributed by atoms with E-state index in [0.717, 1.165) is 0 Å². The summed E-state index contributed by atoms with van der Waals surface area (Å²) in [5, 5.41) is 21.7. The average Bonchev–Trinajstić information content (AvgIpc) is 2.28. The number of nitrogens with zero attached hydrogens (tertiary/aromatic N) is 2. The molecule has 3 N–H and O–H groups in total. The van der Waals surface area contributed by atoms with Crippen LogP contribution in [0.2, 0.25) is 0 Å². The van der Waals surface area contributed by atoms with Crippen molar-refractivity contribution in [1.82, 2.24) is 0 Å². The highest BCUT2D eigenvalue weighted by Gasteiger charge is 2.10. The normalized spacial score (nSPS) is 11.2. The molecule has 0 saturated heterocycles. The van der Waals surface area contributed by atoms with Gasteiger partial charge in [-0.3, -0.25) is 10.1 Å². The highest BCUT2D eigenvalue weighted by molar-refractivity contribution is 5.79. The molecule has 0 amide bonds. The van der Waals surface area contributed by atoms with Crippen molar-refractivity contribution in [2.75, 3.05) is 6.61 Å². The first-order valence-corrected chi connectivity index (χ1v) is 4.89. The van der Waals surface area contributed by atoms with Crippen LogP contribution in [0.25, 0.3) is 0 Å². The lowest BCUT2D eigenvalue weighted by Crippen LogP contribution is -2.15. The summed E-state index contributed by atoms with van der Waals surface area (Å²) in [5.74, 6) is 0.586. The molecule has 0 aromatic heterocycles. The predicted molar refractivity (Wildman–Crippen MR) is 61.4 cm³/mol. The Kier molecular flexibility index (Phi) is 4.27. The molecule has 17 heavy (non-hydrogen) atoms. The summed E-state index contributed by atoms with van der Waals surface area (Å²) in [6.07, 6.45) is 0.284. The fraction of sp³-hybridized carbons (Fsp3) is 0.300. The monoisotopic (exact) mass is 239 g/mol. The first kappa shape index (κ1) is 12.8. The minimum atomic E-state index is -0.449. The van der Waals surface area contributed by atoms with E-state index in [2.05, 4.69) is 5.16 Å². The van der Waals surface area contributed by atoms with E-state index in [1.807, 2.05) is 0 Å². The van der Waals surface area contributed by atoms with Gasteiger partial charge in [-0.1, -0.05) is 5.16 Å². The number of hydrogen-bond acceptors (Lipinski definition) is 5. The lowest BCUT2D eigenvalue weighted by molar-refractivity contribution is -0.385. The number of amidine groups is 1. The molecule has 0 saturated carbocycles. The summed E-state index contributed by atoms with van der Waals surface area (Å²) in [6.45, 7) is 1.88. The van der Waals surface area contributed by atoms with E-state index >= 15 is 0 Å². The molecule has 0 bridgehead atoms. The van der Waals surface area contributed by atoms with E-state index in [0.29, 0.717) is 11.3 Å². The maximum atomic E-state index is 10.6. The van der Waals surface area contributed by atoms with Crippen LogP contribution in [-0.2, 0) is 0 Å². The van der Waals surface area contributed by atoms with Gasteiger partial charge in [-0.05, 0) is 19.1 Å². The van der Waals surface area contributed by atoms with Crippen molar-refractivity contribution in [3.05, 3.63) is 33.9 Å². The van der Waals surface area contributed by atoms with Crippen LogP contribution in [0.1, 0.15) is 12.0 Å². The molecule has 0 fully saturated rings. The maximum absolute atomic E-state index is 10.6. The summed E-state index contributed by atoms with van der Waals surface area (Å²) in [6, 6.07) is 4.47. The summed E-state index contributed by atoms with van der Waals surface area (Å²) in [4.78, 5) is 10.1. The highest BCUT2D eigenvalue weighted by Crippen LogP contribution is 2.22. The van der Waals surface area contributed by atoms with E-state index in [4.69, 9.17) is 15.7 Å². The van der Waals surface area contributed by atoms with Crippen LogP contribution in [0, 0.1) is 17.0 Å². The van der Waals surface area contributed by atoms with Gasteiger partial charge in [0.25, 0.3) is 5.69 Å². The Bertz CT molecular complexity index is 445. The molecular weight excluding hydrogens is 226 g/mol. The Morgan fingerprint density at radius 1 is 1.65 bits per heavy atom. The molecule has 0 radical (unpaired) electrons. The second-order valence-electron chi connectivity index (χ2n) is 3.40. The number of nitrogens with two attached hydrogens (primary N) is 1. The third-order valence-corrected chi connectivity index (χ3v) is 2.12. The number of aryl methyl sites for hydroxylation is 1. The van der Waals surface area contributed by atoms with Gasteiger partial charge in [-0.15, -0.1) is 0 Å². The number of oxime groups is 1. The molecule has 92 valence electrons. The molecule has 7 heteroatoms. The van der Waals surface area contributed by atoms with Gasteiger partial charge in [0.2, 0.25) is 0 Å². The van der Waals surface area contributed by atoms with Crippen molar-refractivity contribution in [1.29, 1.82) is 0 Å². The van der Waals surface area contributed by atoms with Crippen molar-refractivity contribution >= 4 is 11.5 Å². The van der Waals surface area contributed by atoms with Gasteiger partial charge in [0.15, 0.2) is 0 Å². The van der Waals surface area contributed by atoms with E-state index < -0.39 is 4.92 Å². The summed E-state index contributed by atoms with van der Waals surface area (Å²) >= 11 is 0. The minimum Gasteiger partial charge on any atom is -0.493 e. The minimum absolute atomic E-state index is 0.0498. The van der Waals surface area contributed by atoms with Crippen molar-refractivity contribution in [2.45, 2.75) is 13.3 Å². The lowest BCUT2D eigenvalue weighted by Gasteiger charge is -2.06. The Labute approximate surface area is 97.6 Å². The van der Waals surface area contributed by atoms with Gasteiger partial charge >= 0.3 is 0 Å². The number of nitro groups is 1. The predicted octanol–water partition coefficient (Wildman–Crippen LogP) is 1.42. The van der Waals surface area contributed by atoms with E-state index in [-0.39, 0.29) is 24.6 Å². The largest absolute Gasteiger partial charge is 0.493 e. The van der Waals surface area contributed by atoms with Gasteiger partial charge in [0.1, 0.15) is 11.6 Å². The average molecular weight is 239 g/mol. The smallest absolute Gasteiger partial charge is 0.272 e. The third-order valence-electron chi connectivity index (χ3n) is 2.12. The summed E-state index contributed by atoms with van der Waals surface area (Å²) < 4.78 is 5.30. The van der Waals surface area contributed by atoms with Crippen LogP contribution in [-0.4, -0.2) is 22.6 Å². The number of hydrogen-bond donors (Lipinski definition) is 2. The van der Waals surface area contributed by atoms with Crippen LogP contribution >= 0.6 is 0 Å². The SMILES string of the molecule is Cc1cc(OCC/C(N)=N/O)ccc1[N+](=O)[O-]. The Hall–Kier alpha value is -2.31. The van der Waals surface area contributed by atoms with Gasteiger partial charge in [0, 0.05) is 18.1 Å². The van der Waals surface area contributed by atoms with Crippen LogP contribution < -0.4 is 10.5 Å². The number of ether oxygens (including phenoxy) is 1. The summed E-state index contributed by atoms with van der Waals surface area (Å²) in [7, 11) is 0. The van der Waals surface area contributed by atoms with E-state index in [1.165, 1.54) is 12.1 Å². The molecule has 1 aromatic rings. The first-order chi connectivity index (χ1) is 8.04. The molecule has 7 nitrogen and oxygen atoms in total. The number of benzene rings is 1. The Balaban J connectivity index is 2.62. The molecule has 0 aliphatic carbocycles. The topological polar surface area (TPSA) is 111 Å². The maximum Gasteiger partial charge on any atom is 0.272 e. The van der Waals surface area contributed by atoms with Crippen molar-refractivity contribution in [3.63, 3.8) is 0 Å². The molecule has 0 atom stereocenters. The molecular formula is C10H13N3O4. The van der Waals surface area contributed by atoms with Gasteiger partial charge in [0.05, 0.1) is 11.5 Å². The fourth-order valence-corrected chi connectivity index (χ4v) is 1.25. The molecule has 0 spiro atoms. The van der Waals surface area contributed by atoms with Gasteiger partial charge in [-0.2, -0.15) is 0 Å².